The molecule has 0 spiro atoms. The lowest BCUT2D eigenvalue weighted by Gasteiger charge is -2.29. The molecule has 180 valence electrons. The molecule has 1 aliphatic heterocycles. The number of anilines is 1. The van der Waals surface area contributed by atoms with Crippen molar-refractivity contribution in [3.8, 4) is 11.3 Å². The van der Waals surface area contributed by atoms with Crippen molar-refractivity contribution in [3.63, 3.8) is 0 Å². The minimum atomic E-state index is -5.36. The first-order valence-electron chi connectivity index (χ1n) is 10.5. The van der Waals surface area contributed by atoms with Crippen LogP contribution >= 0.6 is 11.6 Å². The molecule has 0 aliphatic carbocycles. The van der Waals surface area contributed by atoms with Crippen LogP contribution in [0.1, 0.15) is 19.4 Å². The number of rotatable bonds is 5. The Bertz CT molecular complexity index is 1280. The summed E-state index contributed by atoms with van der Waals surface area (Å²) in [5, 5.41) is 0.655. The second kappa shape index (κ2) is 8.87. The first-order chi connectivity index (χ1) is 15.9. The van der Waals surface area contributed by atoms with Gasteiger partial charge in [0.05, 0.1) is 17.3 Å². The number of pyridine rings is 1. The van der Waals surface area contributed by atoms with E-state index in [0.717, 1.165) is 29.0 Å². The standard InChI is InChI=1S/C24H23ClF3N3O2S/c1-23(2)15-30(20-7-9-21(10-8-20)34(32,33)24(26,27)28)16-31(23)14-17-11-12-29-22(13-17)18-3-5-19(25)6-4-18/h3-13H,14-16H2,1-2H3. The van der Waals surface area contributed by atoms with Crippen molar-refractivity contribution < 1.29 is 21.6 Å². The number of benzene rings is 2. The van der Waals surface area contributed by atoms with Crippen LogP contribution in [0.25, 0.3) is 11.3 Å². The van der Waals surface area contributed by atoms with Gasteiger partial charge in [-0.15, -0.1) is 0 Å². The van der Waals surface area contributed by atoms with Crippen LogP contribution in [0, 0.1) is 0 Å². The normalized spacial score (nSPS) is 16.7. The number of hydrogen-bond donors (Lipinski definition) is 0. The molecule has 34 heavy (non-hydrogen) atoms. The average molecular weight is 510 g/mol. The lowest BCUT2D eigenvalue weighted by Crippen LogP contribution is -2.39. The van der Waals surface area contributed by atoms with Gasteiger partial charge in [0.15, 0.2) is 0 Å². The van der Waals surface area contributed by atoms with Crippen LogP contribution in [0.4, 0.5) is 18.9 Å². The van der Waals surface area contributed by atoms with Gasteiger partial charge < -0.3 is 4.90 Å². The van der Waals surface area contributed by atoms with Gasteiger partial charge in [-0.1, -0.05) is 23.7 Å². The SMILES string of the molecule is CC1(C)CN(c2ccc(S(=O)(=O)C(F)(F)F)cc2)CN1Cc1ccnc(-c2ccc(Cl)cc2)c1. The van der Waals surface area contributed by atoms with Gasteiger partial charge in [0.25, 0.3) is 9.84 Å². The molecule has 0 saturated carbocycles. The third kappa shape index (κ3) is 4.92. The van der Waals surface area contributed by atoms with Crippen molar-refractivity contribution in [1.29, 1.82) is 0 Å². The third-order valence-electron chi connectivity index (χ3n) is 5.93. The summed E-state index contributed by atoms with van der Waals surface area (Å²) >= 11 is 5.98. The van der Waals surface area contributed by atoms with Gasteiger partial charge in [0.2, 0.25) is 0 Å². The predicted molar refractivity (Wildman–Crippen MR) is 126 cm³/mol. The first-order valence-corrected chi connectivity index (χ1v) is 12.4. The lowest BCUT2D eigenvalue weighted by molar-refractivity contribution is -0.0436. The molecule has 2 heterocycles. The first kappa shape index (κ1) is 24.5. The van der Waals surface area contributed by atoms with E-state index in [4.69, 9.17) is 11.6 Å². The lowest BCUT2D eigenvalue weighted by atomic mass is 10.0. The molecule has 0 unspecified atom stereocenters. The molecule has 1 aliphatic rings. The minimum Gasteiger partial charge on any atom is -0.357 e. The quantitative estimate of drug-likeness (QED) is 0.438. The van der Waals surface area contributed by atoms with Gasteiger partial charge in [-0.05, 0) is 67.9 Å². The highest BCUT2D eigenvalue weighted by atomic mass is 35.5. The van der Waals surface area contributed by atoms with Gasteiger partial charge in [-0.3, -0.25) is 9.88 Å². The topological polar surface area (TPSA) is 53.5 Å². The Kier molecular flexibility index (Phi) is 6.39. The second-order valence-corrected chi connectivity index (χ2v) is 11.2. The van der Waals surface area contributed by atoms with Crippen LogP contribution < -0.4 is 4.90 Å². The molecule has 2 aromatic carbocycles. The zero-order valence-corrected chi connectivity index (χ0v) is 20.1. The molecule has 0 radical (unpaired) electrons. The van der Waals surface area contributed by atoms with E-state index in [-0.39, 0.29) is 5.54 Å². The van der Waals surface area contributed by atoms with Crippen LogP contribution in [0.15, 0.2) is 71.8 Å². The van der Waals surface area contributed by atoms with E-state index in [1.54, 1.807) is 6.20 Å². The van der Waals surface area contributed by atoms with Gasteiger partial charge in [-0.25, -0.2) is 8.42 Å². The predicted octanol–water partition coefficient (Wildman–Crippen LogP) is 5.75. The van der Waals surface area contributed by atoms with E-state index in [1.165, 1.54) is 12.1 Å². The Hall–Kier alpha value is -2.62. The number of alkyl halides is 3. The highest BCUT2D eigenvalue weighted by Crippen LogP contribution is 2.34. The van der Waals surface area contributed by atoms with Crippen LogP contribution in [0.2, 0.25) is 5.02 Å². The molecule has 1 saturated heterocycles. The number of hydrogen-bond acceptors (Lipinski definition) is 5. The molecule has 1 fully saturated rings. The van der Waals surface area contributed by atoms with Gasteiger partial charge in [0, 0.05) is 41.1 Å². The summed E-state index contributed by atoms with van der Waals surface area (Å²) in [6, 6.07) is 16.3. The average Bonchev–Trinajstić information content (AvgIpc) is 3.08. The van der Waals surface area contributed by atoms with Crippen LogP contribution in [-0.4, -0.2) is 42.6 Å². The van der Waals surface area contributed by atoms with E-state index in [9.17, 15) is 21.6 Å². The van der Waals surface area contributed by atoms with Crippen molar-refractivity contribution in [2.75, 3.05) is 18.1 Å². The molecule has 0 atom stereocenters. The molecule has 0 bridgehead atoms. The molecular weight excluding hydrogens is 487 g/mol. The van der Waals surface area contributed by atoms with Crippen LogP contribution in [0.5, 0.6) is 0 Å². The Morgan fingerprint density at radius 1 is 1.03 bits per heavy atom. The molecular formula is C24H23ClF3N3O2S. The van der Waals surface area contributed by atoms with Gasteiger partial charge in [0.1, 0.15) is 0 Å². The van der Waals surface area contributed by atoms with E-state index in [0.29, 0.717) is 30.5 Å². The summed E-state index contributed by atoms with van der Waals surface area (Å²) in [5.74, 6) is 0. The maximum Gasteiger partial charge on any atom is 0.501 e. The Balaban J connectivity index is 1.51. The summed E-state index contributed by atoms with van der Waals surface area (Å²) in [6.07, 6.45) is 1.76. The maximum absolute atomic E-state index is 12.8. The molecule has 5 nitrogen and oxygen atoms in total. The van der Waals surface area contributed by atoms with Crippen molar-refractivity contribution in [1.82, 2.24) is 9.88 Å². The summed E-state index contributed by atoms with van der Waals surface area (Å²) < 4.78 is 61.7. The fourth-order valence-electron chi connectivity index (χ4n) is 3.99. The highest BCUT2D eigenvalue weighted by molar-refractivity contribution is 7.92. The van der Waals surface area contributed by atoms with E-state index in [1.807, 2.05) is 41.3 Å². The number of halogens is 4. The van der Waals surface area contributed by atoms with E-state index in [2.05, 4.69) is 23.7 Å². The monoisotopic (exact) mass is 509 g/mol. The fraction of sp³-hybridized carbons (Fsp3) is 0.292. The van der Waals surface area contributed by atoms with E-state index < -0.39 is 20.2 Å². The van der Waals surface area contributed by atoms with Crippen LogP contribution in [0.3, 0.4) is 0 Å². The molecule has 4 rings (SSSR count). The van der Waals surface area contributed by atoms with E-state index >= 15 is 0 Å². The summed E-state index contributed by atoms with van der Waals surface area (Å²) in [7, 11) is -5.36. The van der Waals surface area contributed by atoms with Crippen molar-refractivity contribution >= 4 is 27.1 Å². The fourth-order valence-corrected chi connectivity index (χ4v) is 4.88. The molecule has 1 aromatic heterocycles. The second-order valence-electron chi connectivity index (χ2n) is 8.85. The highest BCUT2D eigenvalue weighted by Gasteiger charge is 2.47. The largest absolute Gasteiger partial charge is 0.501 e. The van der Waals surface area contributed by atoms with Crippen molar-refractivity contribution in [2.24, 2.45) is 0 Å². The zero-order chi connectivity index (χ0) is 24.7. The number of aromatic nitrogens is 1. The maximum atomic E-state index is 12.8. The number of sulfone groups is 1. The summed E-state index contributed by atoms with van der Waals surface area (Å²) in [6.45, 7) is 6.01. The summed E-state index contributed by atoms with van der Waals surface area (Å²) in [4.78, 5) is 7.98. The van der Waals surface area contributed by atoms with Gasteiger partial charge >= 0.3 is 5.51 Å². The number of nitrogens with zero attached hydrogens (tertiary/aromatic N) is 3. The minimum absolute atomic E-state index is 0.222. The molecule has 0 N–H and O–H groups in total. The van der Waals surface area contributed by atoms with Crippen LogP contribution in [-0.2, 0) is 16.4 Å². The Labute approximate surface area is 201 Å². The van der Waals surface area contributed by atoms with Crippen molar-refractivity contribution in [2.45, 2.75) is 36.3 Å². The molecule has 0 amide bonds. The molecule has 3 aromatic rings. The smallest absolute Gasteiger partial charge is 0.357 e. The van der Waals surface area contributed by atoms with Crippen molar-refractivity contribution in [3.05, 3.63) is 77.4 Å². The third-order valence-corrected chi connectivity index (χ3v) is 7.68. The Morgan fingerprint density at radius 2 is 1.68 bits per heavy atom. The van der Waals surface area contributed by atoms with Gasteiger partial charge in [-0.2, -0.15) is 13.2 Å². The Morgan fingerprint density at radius 3 is 2.29 bits per heavy atom. The summed E-state index contributed by atoms with van der Waals surface area (Å²) in [5.41, 5.74) is -2.02. The molecule has 10 heteroatoms. The zero-order valence-electron chi connectivity index (χ0n) is 18.6.